The number of hydrogen-bond acceptors (Lipinski definition) is 4. The lowest BCUT2D eigenvalue weighted by Gasteiger charge is -2.21. The highest BCUT2D eigenvalue weighted by Gasteiger charge is 2.35. The molecule has 2 aliphatic heterocycles. The summed E-state index contributed by atoms with van der Waals surface area (Å²) in [5.41, 5.74) is 0.612. The number of carbonyl (C=O) groups is 1. The van der Waals surface area contributed by atoms with Crippen molar-refractivity contribution in [2.45, 2.75) is 31.9 Å². The maximum atomic E-state index is 14.1. The Balaban J connectivity index is 1.62. The Labute approximate surface area is 148 Å². The minimum absolute atomic E-state index is 0.0141. The zero-order valence-corrected chi connectivity index (χ0v) is 15.0. The SMILES string of the molecule is COc1ccc(F)c(CN2C[C@H](CC(=O)N3CCCC3)[C@@H](OC)C2)c1. The molecule has 2 atom stereocenters. The first-order chi connectivity index (χ1) is 12.1. The summed E-state index contributed by atoms with van der Waals surface area (Å²) < 4.78 is 24.9. The molecule has 2 fully saturated rings. The van der Waals surface area contributed by atoms with Crippen LogP contribution in [-0.4, -0.2) is 62.2 Å². The van der Waals surface area contributed by atoms with Gasteiger partial charge in [-0.05, 0) is 31.0 Å². The monoisotopic (exact) mass is 350 g/mol. The van der Waals surface area contributed by atoms with E-state index >= 15 is 0 Å². The lowest BCUT2D eigenvalue weighted by Crippen LogP contribution is -2.32. The van der Waals surface area contributed by atoms with Crippen molar-refractivity contribution in [3.8, 4) is 5.75 Å². The Morgan fingerprint density at radius 3 is 2.68 bits per heavy atom. The van der Waals surface area contributed by atoms with Crippen LogP contribution in [0.2, 0.25) is 0 Å². The van der Waals surface area contributed by atoms with E-state index in [0.29, 0.717) is 30.8 Å². The van der Waals surface area contributed by atoms with E-state index in [-0.39, 0.29) is 23.7 Å². The summed E-state index contributed by atoms with van der Waals surface area (Å²) in [6.07, 6.45) is 2.73. The van der Waals surface area contributed by atoms with Gasteiger partial charge in [0.2, 0.25) is 5.91 Å². The van der Waals surface area contributed by atoms with Crippen LogP contribution in [0.25, 0.3) is 0 Å². The number of nitrogens with zero attached hydrogens (tertiary/aromatic N) is 2. The molecular formula is C19H27FN2O3. The molecule has 2 heterocycles. The number of carbonyl (C=O) groups excluding carboxylic acids is 1. The molecule has 0 aromatic heterocycles. The molecule has 2 saturated heterocycles. The number of methoxy groups -OCH3 is 2. The number of halogens is 1. The van der Waals surface area contributed by atoms with Gasteiger partial charge in [-0.1, -0.05) is 0 Å². The van der Waals surface area contributed by atoms with Gasteiger partial charge in [0.25, 0.3) is 0 Å². The van der Waals surface area contributed by atoms with Gasteiger partial charge in [0, 0.05) is 57.7 Å². The Kier molecular flexibility index (Phi) is 5.91. The van der Waals surface area contributed by atoms with Crippen LogP contribution in [-0.2, 0) is 16.1 Å². The Bertz CT molecular complexity index is 604. The first-order valence-electron chi connectivity index (χ1n) is 8.96. The number of hydrogen-bond donors (Lipinski definition) is 0. The van der Waals surface area contributed by atoms with Crippen molar-refractivity contribution in [3.63, 3.8) is 0 Å². The Hall–Kier alpha value is -1.66. The van der Waals surface area contributed by atoms with Gasteiger partial charge < -0.3 is 14.4 Å². The molecule has 1 aromatic rings. The second kappa shape index (κ2) is 8.15. The summed E-state index contributed by atoms with van der Waals surface area (Å²) in [5.74, 6) is 0.803. The van der Waals surface area contributed by atoms with Crippen molar-refractivity contribution in [3.05, 3.63) is 29.6 Å². The van der Waals surface area contributed by atoms with E-state index in [9.17, 15) is 9.18 Å². The van der Waals surface area contributed by atoms with E-state index < -0.39 is 0 Å². The predicted molar refractivity (Wildman–Crippen MR) is 92.9 cm³/mol. The third-order valence-corrected chi connectivity index (χ3v) is 5.30. The fraction of sp³-hybridized carbons (Fsp3) is 0.632. The van der Waals surface area contributed by atoms with Gasteiger partial charge in [-0.25, -0.2) is 4.39 Å². The zero-order chi connectivity index (χ0) is 17.8. The molecule has 6 heteroatoms. The molecule has 2 aliphatic rings. The van der Waals surface area contributed by atoms with E-state index in [0.717, 1.165) is 32.5 Å². The predicted octanol–water partition coefficient (Wildman–Crippen LogP) is 2.29. The lowest BCUT2D eigenvalue weighted by molar-refractivity contribution is -0.131. The molecule has 3 rings (SSSR count). The Morgan fingerprint density at radius 2 is 2.00 bits per heavy atom. The smallest absolute Gasteiger partial charge is 0.222 e. The van der Waals surface area contributed by atoms with E-state index in [1.807, 2.05) is 4.90 Å². The molecule has 5 nitrogen and oxygen atoms in total. The molecule has 0 unspecified atom stereocenters. The molecule has 0 saturated carbocycles. The van der Waals surface area contributed by atoms with Crippen LogP contribution in [0, 0.1) is 11.7 Å². The summed E-state index contributed by atoms with van der Waals surface area (Å²) in [7, 11) is 3.27. The quantitative estimate of drug-likeness (QED) is 0.789. The van der Waals surface area contributed by atoms with Crippen molar-refractivity contribution in [1.29, 1.82) is 0 Å². The number of amides is 1. The van der Waals surface area contributed by atoms with Crippen molar-refractivity contribution in [2.24, 2.45) is 5.92 Å². The van der Waals surface area contributed by atoms with Crippen LogP contribution in [0.15, 0.2) is 18.2 Å². The third-order valence-electron chi connectivity index (χ3n) is 5.30. The fourth-order valence-electron chi connectivity index (χ4n) is 3.88. The second-order valence-electron chi connectivity index (χ2n) is 6.98. The molecule has 0 N–H and O–H groups in total. The van der Waals surface area contributed by atoms with Crippen molar-refractivity contribution in [2.75, 3.05) is 40.4 Å². The minimum Gasteiger partial charge on any atom is -0.497 e. The van der Waals surface area contributed by atoms with Gasteiger partial charge >= 0.3 is 0 Å². The highest BCUT2D eigenvalue weighted by atomic mass is 19.1. The van der Waals surface area contributed by atoms with Crippen LogP contribution >= 0.6 is 0 Å². The topological polar surface area (TPSA) is 42.0 Å². The van der Waals surface area contributed by atoms with Crippen molar-refractivity contribution in [1.82, 2.24) is 9.80 Å². The summed E-state index contributed by atoms with van der Waals surface area (Å²) in [6.45, 7) is 3.71. The standard InChI is InChI=1S/C19H27FN2O3/c1-24-16-5-6-17(20)14(9-16)11-21-12-15(18(13-21)25-2)10-19(23)22-7-3-4-8-22/h5-6,9,15,18H,3-4,7-8,10-13H2,1-2H3/t15-,18-/m0/s1. The van der Waals surface area contributed by atoms with Crippen molar-refractivity contribution >= 4 is 5.91 Å². The third kappa shape index (κ3) is 4.30. The lowest BCUT2D eigenvalue weighted by atomic mass is 10.0. The van der Waals surface area contributed by atoms with E-state index in [1.165, 1.54) is 6.07 Å². The maximum absolute atomic E-state index is 14.1. The van der Waals surface area contributed by atoms with Crippen LogP contribution in [0.5, 0.6) is 5.75 Å². The van der Waals surface area contributed by atoms with Gasteiger partial charge in [0.1, 0.15) is 11.6 Å². The van der Waals surface area contributed by atoms with E-state index in [4.69, 9.17) is 9.47 Å². The highest BCUT2D eigenvalue weighted by molar-refractivity contribution is 5.76. The van der Waals surface area contributed by atoms with E-state index in [2.05, 4.69) is 4.90 Å². The summed E-state index contributed by atoms with van der Waals surface area (Å²) in [6, 6.07) is 4.80. The van der Waals surface area contributed by atoms with Crippen LogP contribution in [0.1, 0.15) is 24.8 Å². The normalized spacial score (nSPS) is 24.0. The van der Waals surface area contributed by atoms with Crippen LogP contribution in [0.4, 0.5) is 4.39 Å². The molecule has 138 valence electrons. The number of benzene rings is 1. The molecule has 0 bridgehead atoms. The van der Waals surface area contributed by atoms with E-state index in [1.54, 1.807) is 26.4 Å². The number of ether oxygens (including phenoxy) is 2. The highest BCUT2D eigenvalue weighted by Crippen LogP contribution is 2.27. The zero-order valence-electron chi connectivity index (χ0n) is 15.0. The number of likely N-dealkylation sites (tertiary alicyclic amines) is 2. The van der Waals surface area contributed by atoms with Gasteiger partial charge in [0.05, 0.1) is 13.2 Å². The summed E-state index contributed by atoms with van der Waals surface area (Å²) in [4.78, 5) is 16.6. The molecule has 0 spiro atoms. The molecule has 1 amide bonds. The van der Waals surface area contributed by atoms with Gasteiger partial charge in [-0.15, -0.1) is 0 Å². The van der Waals surface area contributed by atoms with Gasteiger partial charge in [-0.2, -0.15) is 0 Å². The molecule has 1 aromatic carbocycles. The van der Waals surface area contributed by atoms with Gasteiger partial charge in [-0.3, -0.25) is 9.69 Å². The first kappa shape index (κ1) is 18.1. The second-order valence-corrected chi connectivity index (χ2v) is 6.98. The maximum Gasteiger partial charge on any atom is 0.222 e. The largest absolute Gasteiger partial charge is 0.497 e. The molecular weight excluding hydrogens is 323 g/mol. The van der Waals surface area contributed by atoms with Crippen molar-refractivity contribution < 1.29 is 18.7 Å². The van der Waals surface area contributed by atoms with Crippen LogP contribution < -0.4 is 4.74 Å². The number of rotatable bonds is 6. The first-order valence-corrected chi connectivity index (χ1v) is 8.96. The summed E-state index contributed by atoms with van der Waals surface area (Å²) >= 11 is 0. The Morgan fingerprint density at radius 1 is 1.24 bits per heavy atom. The summed E-state index contributed by atoms with van der Waals surface area (Å²) in [5, 5.41) is 0. The average Bonchev–Trinajstić information content (AvgIpc) is 3.26. The average molecular weight is 350 g/mol. The molecule has 0 aliphatic carbocycles. The van der Waals surface area contributed by atoms with Crippen LogP contribution in [0.3, 0.4) is 0 Å². The molecule has 25 heavy (non-hydrogen) atoms. The fourth-order valence-corrected chi connectivity index (χ4v) is 3.88. The minimum atomic E-state index is -0.230. The van der Waals surface area contributed by atoms with Gasteiger partial charge in [0.15, 0.2) is 0 Å². The molecule has 0 radical (unpaired) electrons.